The van der Waals surface area contributed by atoms with E-state index in [2.05, 4.69) is 13.5 Å². The highest BCUT2D eigenvalue weighted by Gasteiger charge is 2.20. The van der Waals surface area contributed by atoms with Crippen LogP contribution in [0.5, 0.6) is 17.2 Å². The zero-order valence-electron chi connectivity index (χ0n) is 24.1. The summed E-state index contributed by atoms with van der Waals surface area (Å²) in [6, 6.07) is 18.2. The highest BCUT2D eigenvalue weighted by molar-refractivity contribution is 5.92. The molecule has 3 aromatic carbocycles. The molecule has 0 heterocycles. The van der Waals surface area contributed by atoms with Crippen molar-refractivity contribution in [3.8, 4) is 28.4 Å². The van der Waals surface area contributed by atoms with E-state index in [0.717, 1.165) is 49.8 Å². The topological polar surface area (TPSA) is 114 Å². The summed E-state index contributed by atoms with van der Waals surface area (Å²) >= 11 is 0. The zero-order chi connectivity index (χ0) is 30.3. The predicted octanol–water partition coefficient (Wildman–Crippen LogP) is 7.72. The lowest BCUT2D eigenvalue weighted by atomic mass is 10.0. The van der Waals surface area contributed by atoms with Gasteiger partial charge in [0.05, 0.1) is 30.3 Å². The van der Waals surface area contributed by atoms with E-state index in [1.165, 1.54) is 12.1 Å². The summed E-state index contributed by atoms with van der Waals surface area (Å²) in [6.07, 6.45) is 5.53. The number of nitrogens with zero attached hydrogens (tertiary/aromatic N) is 1. The van der Waals surface area contributed by atoms with E-state index < -0.39 is 10.9 Å². The van der Waals surface area contributed by atoms with E-state index in [1.807, 2.05) is 24.3 Å². The number of carbonyl (C=O) groups excluding carboxylic acids is 2. The van der Waals surface area contributed by atoms with E-state index in [-0.39, 0.29) is 23.0 Å². The van der Waals surface area contributed by atoms with E-state index >= 15 is 0 Å². The molecule has 9 nitrogen and oxygen atoms in total. The van der Waals surface area contributed by atoms with Crippen LogP contribution in [0.3, 0.4) is 0 Å². The lowest BCUT2D eigenvalue weighted by molar-refractivity contribution is -0.385. The van der Waals surface area contributed by atoms with Gasteiger partial charge >= 0.3 is 17.6 Å². The van der Waals surface area contributed by atoms with Crippen LogP contribution >= 0.6 is 0 Å². The van der Waals surface area contributed by atoms with Crippen LogP contribution in [0.4, 0.5) is 5.69 Å². The maximum absolute atomic E-state index is 12.7. The van der Waals surface area contributed by atoms with Crippen molar-refractivity contribution < 1.29 is 33.5 Å². The minimum absolute atomic E-state index is 0.140. The summed E-state index contributed by atoms with van der Waals surface area (Å²) in [4.78, 5) is 35.3. The van der Waals surface area contributed by atoms with Crippen LogP contribution in [-0.2, 0) is 9.53 Å². The Morgan fingerprint density at radius 3 is 1.95 bits per heavy atom. The predicted molar refractivity (Wildman–Crippen MR) is 160 cm³/mol. The molecule has 3 aromatic rings. The van der Waals surface area contributed by atoms with Gasteiger partial charge in [0, 0.05) is 11.6 Å². The smallest absolute Gasteiger partial charge is 0.343 e. The second-order valence-corrected chi connectivity index (χ2v) is 9.76. The third-order valence-corrected chi connectivity index (χ3v) is 6.29. The van der Waals surface area contributed by atoms with Crippen molar-refractivity contribution >= 4 is 17.6 Å². The second-order valence-electron chi connectivity index (χ2n) is 9.76. The second kappa shape index (κ2) is 16.6. The Labute approximate surface area is 246 Å². The Hall–Kier alpha value is -4.66. The van der Waals surface area contributed by atoms with Crippen LogP contribution in [-0.4, -0.2) is 36.7 Å². The molecule has 0 aliphatic rings. The molecular formula is C33H37NO8. The highest BCUT2D eigenvalue weighted by Crippen LogP contribution is 2.33. The largest absolute Gasteiger partial charge is 0.494 e. The zero-order valence-corrected chi connectivity index (χ0v) is 24.1. The Kier molecular flexibility index (Phi) is 12.6. The van der Waals surface area contributed by atoms with Gasteiger partial charge in [-0.25, -0.2) is 9.59 Å². The molecule has 0 saturated heterocycles. The van der Waals surface area contributed by atoms with E-state index in [9.17, 15) is 19.7 Å². The first-order valence-electron chi connectivity index (χ1n) is 14.1. The first-order valence-corrected chi connectivity index (χ1v) is 14.1. The SMILES string of the molecule is C=C(C)C(=O)OCCCCCOc1ccc(C(=O)Oc2ccc(-c3ccc(OCCCCC)cc3)cc2[N+](=O)[O-])cc1. The number of nitro groups is 1. The molecule has 42 heavy (non-hydrogen) atoms. The minimum atomic E-state index is -0.716. The molecule has 0 fully saturated rings. The van der Waals surface area contributed by atoms with Gasteiger partial charge < -0.3 is 18.9 Å². The van der Waals surface area contributed by atoms with Crippen LogP contribution in [0.15, 0.2) is 78.9 Å². The quantitative estimate of drug-likeness (QED) is 0.0401. The molecule has 0 amide bonds. The monoisotopic (exact) mass is 575 g/mol. The first-order chi connectivity index (χ1) is 20.3. The van der Waals surface area contributed by atoms with Crippen molar-refractivity contribution in [1.82, 2.24) is 0 Å². The number of ether oxygens (including phenoxy) is 4. The number of rotatable bonds is 17. The summed E-state index contributed by atoms with van der Waals surface area (Å²) < 4.78 is 21.9. The first kappa shape index (κ1) is 31.9. The van der Waals surface area contributed by atoms with E-state index in [1.54, 1.807) is 37.3 Å². The van der Waals surface area contributed by atoms with Gasteiger partial charge in [0.15, 0.2) is 0 Å². The fraction of sp³-hybridized carbons (Fsp3) is 0.333. The van der Waals surface area contributed by atoms with E-state index in [0.29, 0.717) is 36.7 Å². The van der Waals surface area contributed by atoms with Crippen molar-refractivity contribution in [2.24, 2.45) is 0 Å². The lowest BCUT2D eigenvalue weighted by Gasteiger charge is -2.10. The average molecular weight is 576 g/mol. The molecule has 0 aliphatic heterocycles. The van der Waals surface area contributed by atoms with Gasteiger partial charge in [0.1, 0.15) is 11.5 Å². The molecule has 0 atom stereocenters. The molecular weight excluding hydrogens is 538 g/mol. The Balaban J connectivity index is 1.52. The summed E-state index contributed by atoms with van der Waals surface area (Å²) in [7, 11) is 0. The number of benzene rings is 3. The number of esters is 2. The molecule has 0 spiro atoms. The molecule has 0 radical (unpaired) electrons. The van der Waals surface area contributed by atoms with Crippen molar-refractivity contribution in [2.75, 3.05) is 19.8 Å². The standard InChI is InChI=1S/C33H37NO8/c1-4-5-7-20-39-28-15-10-25(11-16-28)27-14-19-31(30(23-27)34(37)38)42-33(36)26-12-17-29(18-13-26)40-21-8-6-9-22-41-32(35)24(2)3/h10-19,23H,2,4-9,20-22H2,1,3H3. The lowest BCUT2D eigenvalue weighted by Crippen LogP contribution is -2.10. The molecule has 222 valence electrons. The summed E-state index contributed by atoms with van der Waals surface area (Å²) in [5, 5.41) is 11.8. The van der Waals surface area contributed by atoms with Crippen molar-refractivity contribution in [2.45, 2.75) is 52.4 Å². The number of hydrogen-bond donors (Lipinski definition) is 0. The van der Waals surface area contributed by atoms with E-state index in [4.69, 9.17) is 18.9 Å². The molecule has 0 bridgehead atoms. The Morgan fingerprint density at radius 2 is 1.36 bits per heavy atom. The maximum atomic E-state index is 12.7. The van der Waals surface area contributed by atoms with Gasteiger partial charge in [-0.2, -0.15) is 0 Å². The fourth-order valence-electron chi connectivity index (χ4n) is 3.92. The molecule has 0 N–H and O–H groups in total. The normalized spacial score (nSPS) is 10.5. The number of nitro benzene ring substituents is 1. The van der Waals surface area contributed by atoms with Crippen molar-refractivity contribution in [1.29, 1.82) is 0 Å². The summed E-state index contributed by atoms with van der Waals surface area (Å²) in [5.41, 5.74) is 1.69. The number of carbonyl (C=O) groups is 2. The van der Waals surface area contributed by atoms with Crippen molar-refractivity contribution in [3.05, 3.63) is 94.6 Å². The average Bonchev–Trinajstić information content (AvgIpc) is 2.99. The molecule has 0 aliphatic carbocycles. The Morgan fingerprint density at radius 1 is 0.786 bits per heavy atom. The van der Waals surface area contributed by atoms with Crippen LogP contribution in [0.2, 0.25) is 0 Å². The van der Waals surface area contributed by atoms with Crippen LogP contribution in [0.1, 0.15) is 62.7 Å². The third-order valence-electron chi connectivity index (χ3n) is 6.29. The minimum Gasteiger partial charge on any atom is -0.494 e. The molecule has 0 aromatic heterocycles. The third kappa shape index (κ3) is 10.1. The van der Waals surface area contributed by atoms with Gasteiger partial charge in [0.25, 0.3) is 0 Å². The molecule has 0 unspecified atom stereocenters. The van der Waals surface area contributed by atoms with Gasteiger partial charge in [-0.1, -0.05) is 44.5 Å². The van der Waals surface area contributed by atoms with Crippen LogP contribution in [0, 0.1) is 10.1 Å². The fourth-order valence-corrected chi connectivity index (χ4v) is 3.92. The van der Waals surface area contributed by atoms with Gasteiger partial charge in [-0.05, 0) is 86.2 Å². The molecule has 3 rings (SSSR count). The van der Waals surface area contributed by atoms with Crippen LogP contribution < -0.4 is 14.2 Å². The summed E-state index contributed by atoms with van der Waals surface area (Å²) in [6.45, 7) is 8.73. The maximum Gasteiger partial charge on any atom is 0.343 e. The van der Waals surface area contributed by atoms with Gasteiger partial charge in [0.2, 0.25) is 5.75 Å². The van der Waals surface area contributed by atoms with Crippen molar-refractivity contribution in [3.63, 3.8) is 0 Å². The number of hydrogen-bond acceptors (Lipinski definition) is 8. The van der Waals surface area contributed by atoms with Gasteiger partial charge in [-0.3, -0.25) is 10.1 Å². The van der Waals surface area contributed by atoms with Gasteiger partial charge in [-0.15, -0.1) is 0 Å². The number of unbranched alkanes of at least 4 members (excludes halogenated alkanes) is 4. The Bertz CT molecular complexity index is 1350. The summed E-state index contributed by atoms with van der Waals surface area (Å²) in [5.74, 6) is 0.0737. The van der Waals surface area contributed by atoms with Crippen LogP contribution in [0.25, 0.3) is 11.1 Å². The highest BCUT2D eigenvalue weighted by atomic mass is 16.6. The molecule has 0 saturated carbocycles. The molecule has 9 heteroatoms.